The molecule has 1 aliphatic heterocycles. The Hall–Kier alpha value is -2.24. The summed E-state index contributed by atoms with van der Waals surface area (Å²) in [5, 5.41) is 12.3. The highest BCUT2D eigenvalue weighted by Crippen LogP contribution is 2.52. The van der Waals surface area contributed by atoms with Crippen molar-refractivity contribution in [3.8, 4) is 11.5 Å². The van der Waals surface area contributed by atoms with Crippen molar-refractivity contribution in [1.82, 2.24) is 5.32 Å². The molecule has 2 N–H and O–H groups in total. The molecule has 4 rings (SSSR count). The van der Waals surface area contributed by atoms with E-state index in [9.17, 15) is 14.7 Å². The van der Waals surface area contributed by atoms with Crippen LogP contribution in [0.5, 0.6) is 11.5 Å². The molecule has 2 aliphatic carbocycles. The van der Waals surface area contributed by atoms with Gasteiger partial charge in [-0.05, 0) is 48.8 Å². The van der Waals surface area contributed by atoms with Gasteiger partial charge in [0.2, 0.25) is 12.7 Å². The first-order valence-electron chi connectivity index (χ1n) is 8.02. The number of benzene rings is 1. The van der Waals surface area contributed by atoms with Crippen LogP contribution in [0.1, 0.15) is 24.8 Å². The zero-order valence-corrected chi connectivity index (χ0v) is 12.7. The van der Waals surface area contributed by atoms with Gasteiger partial charge in [-0.1, -0.05) is 6.07 Å². The summed E-state index contributed by atoms with van der Waals surface area (Å²) >= 11 is 0. The molecule has 3 aliphatic rings. The van der Waals surface area contributed by atoms with E-state index >= 15 is 0 Å². The number of nitrogens with one attached hydrogen (secondary N) is 1. The maximum atomic E-state index is 12.5. The number of hydrogen-bond acceptors (Lipinski definition) is 4. The highest BCUT2D eigenvalue weighted by atomic mass is 16.7. The first kappa shape index (κ1) is 14.4. The summed E-state index contributed by atoms with van der Waals surface area (Å²) in [4.78, 5) is 24.0. The van der Waals surface area contributed by atoms with Crippen molar-refractivity contribution in [2.24, 2.45) is 23.7 Å². The lowest BCUT2D eigenvalue weighted by molar-refractivity contribution is -0.149. The minimum Gasteiger partial charge on any atom is -0.481 e. The number of fused-ring (bicyclic) bond motifs is 3. The van der Waals surface area contributed by atoms with Crippen LogP contribution in [-0.4, -0.2) is 23.8 Å². The van der Waals surface area contributed by atoms with Crippen molar-refractivity contribution < 1.29 is 24.2 Å². The van der Waals surface area contributed by atoms with Crippen molar-refractivity contribution >= 4 is 11.9 Å². The van der Waals surface area contributed by atoms with Gasteiger partial charge in [0, 0.05) is 6.54 Å². The molecule has 1 aromatic carbocycles. The average molecular weight is 317 g/mol. The van der Waals surface area contributed by atoms with Gasteiger partial charge in [-0.2, -0.15) is 0 Å². The van der Waals surface area contributed by atoms with E-state index in [2.05, 4.69) is 5.32 Å². The molecular formula is C17H19NO5. The van der Waals surface area contributed by atoms with E-state index < -0.39 is 11.9 Å². The van der Waals surface area contributed by atoms with Crippen LogP contribution in [0.25, 0.3) is 0 Å². The summed E-state index contributed by atoms with van der Waals surface area (Å²) in [5.74, 6) is -0.107. The van der Waals surface area contributed by atoms with Gasteiger partial charge in [-0.25, -0.2) is 0 Å². The van der Waals surface area contributed by atoms with Gasteiger partial charge < -0.3 is 19.9 Å². The summed E-state index contributed by atoms with van der Waals surface area (Å²) in [5.41, 5.74) is 0.914. The number of carboxylic acids is 1. The largest absolute Gasteiger partial charge is 0.481 e. The molecule has 6 heteroatoms. The normalized spacial score (nSPS) is 30.4. The van der Waals surface area contributed by atoms with Gasteiger partial charge in [0.15, 0.2) is 11.5 Å². The Kier molecular flexibility index (Phi) is 3.39. The Labute approximate surface area is 133 Å². The lowest BCUT2D eigenvalue weighted by Crippen LogP contribution is -2.41. The Balaban J connectivity index is 1.43. The van der Waals surface area contributed by atoms with Crippen molar-refractivity contribution in [3.05, 3.63) is 23.8 Å². The Morgan fingerprint density at radius 3 is 2.65 bits per heavy atom. The molecule has 2 bridgehead atoms. The number of hydrogen-bond donors (Lipinski definition) is 2. The molecule has 6 nitrogen and oxygen atoms in total. The Morgan fingerprint density at radius 2 is 1.87 bits per heavy atom. The monoisotopic (exact) mass is 317 g/mol. The third-order valence-electron chi connectivity index (χ3n) is 5.41. The molecular weight excluding hydrogens is 298 g/mol. The zero-order chi connectivity index (χ0) is 16.0. The average Bonchev–Trinajstić information content (AvgIpc) is 3.25. The molecule has 0 aromatic heterocycles. The molecule has 1 heterocycles. The van der Waals surface area contributed by atoms with Crippen LogP contribution in [0.4, 0.5) is 0 Å². The molecule has 0 spiro atoms. The predicted octanol–water partition coefficient (Wildman–Crippen LogP) is 1.78. The maximum absolute atomic E-state index is 12.5. The molecule has 2 saturated carbocycles. The van der Waals surface area contributed by atoms with Crippen molar-refractivity contribution in [3.63, 3.8) is 0 Å². The number of rotatable bonds is 4. The van der Waals surface area contributed by atoms with E-state index in [4.69, 9.17) is 9.47 Å². The second-order valence-corrected chi connectivity index (χ2v) is 6.63. The lowest BCUT2D eigenvalue weighted by atomic mass is 9.78. The molecule has 0 saturated heterocycles. The topological polar surface area (TPSA) is 84.9 Å². The third-order valence-corrected chi connectivity index (χ3v) is 5.41. The van der Waals surface area contributed by atoms with Gasteiger partial charge in [0.05, 0.1) is 11.8 Å². The van der Waals surface area contributed by atoms with Crippen LogP contribution < -0.4 is 14.8 Å². The second kappa shape index (κ2) is 5.44. The summed E-state index contributed by atoms with van der Waals surface area (Å²) in [7, 11) is 0. The van der Waals surface area contributed by atoms with E-state index in [1.165, 1.54) is 0 Å². The lowest BCUT2D eigenvalue weighted by Gasteiger charge is -2.27. The maximum Gasteiger partial charge on any atom is 0.307 e. The molecule has 4 atom stereocenters. The van der Waals surface area contributed by atoms with E-state index in [0.717, 1.165) is 24.8 Å². The summed E-state index contributed by atoms with van der Waals surface area (Å²) in [6.07, 6.45) is 2.78. The fraction of sp³-hybridized carbons (Fsp3) is 0.529. The highest BCUT2D eigenvalue weighted by Gasteiger charge is 2.53. The first-order chi connectivity index (χ1) is 11.1. The zero-order valence-electron chi connectivity index (χ0n) is 12.7. The number of aliphatic carboxylic acids is 1. The standard InChI is InChI=1S/C17H19NO5/c19-16(14-10-2-3-11(6-10)15(14)17(20)21)18-7-9-1-4-12-13(5-9)23-8-22-12/h1,4-5,10-11,14-15H,2-3,6-8H2,(H,18,19)(H,20,21). The number of ether oxygens (including phenoxy) is 2. The van der Waals surface area contributed by atoms with Crippen LogP contribution in [0.15, 0.2) is 18.2 Å². The van der Waals surface area contributed by atoms with Gasteiger partial charge in [0.25, 0.3) is 0 Å². The van der Waals surface area contributed by atoms with Crippen LogP contribution in [0.3, 0.4) is 0 Å². The molecule has 1 amide bonds. The third kappa shape index (κ3) is 2.42. The molecule has 2 fully saturated rings. The minimum atomic E-state index is -0.833. The van der Waals surface area contributed by atoms with E-state index in [0.29, 0.717) is 18.0 Å². The molecule has 4 unspecified atom stereocenters. The summed E-state index contributed by atoms with van der Waals surface area (Å²) in [6.45, 7) is 0.590. The van der Waals surface area contributed by atoms with Crippen molar-refractivity contribution in [2.45, 2.75) is 25.8 Å². The summed E-state index contributed by atoms with van der Waals surface area (Å²) in [6, 6.07) is 5.54. The van der Waals surface area contributed by atoms with Crippen LogP contribution in [-0.2, 0) is 16.1 Å². The fourth-order valence-corrected chi connectivity index (χ4v) is 4.38. The number of carboxylic acid groups (broad SMARTS) is 1. The molecule has 23 heavy (non-hydrogen) atoms. The van der Waals surface area contributed by atoms with E-state index in [-0.39, 0.29) is 30.5 Å². The number of carbonyl (C=O) groups excluding carboxylic acids is 1. The van der Waals surface area contributed by atoms with Gasteiger partial charge in [0.1, 0.15) is 0 Å². The van der Waals surface area contributed by atoms with Gasteiger partial charge in [-0.3, -0.25) is 9.59 Å². The van der Waals surface area contributed by atoms with Crippen molar-refractivity contribution in [1.29, 1.82) is 0 Å². The smallest absolute Gasteiger partial charge is 0.307 e. The molecule has 0 radical (unpaired) electrons. The van der Waals surface area contributed by atoms with E-state index in [1.54, 1.807) is 0 Å². The number of carbonyl (C=O) groups is 2. The fourth-order valence-electron chi connectivity index (χ4n) is 4.38. The highest BCUT2D eigenvalue weighted by molar-refractivity contribution is 5.86. The van der Waals surface area contributed by atoms with Crippen LogP contribution in [0, 0.1) is 23.7 Å². The first-order valence-corrected chi connectivity index (χ1v) is 8.02. The number of amides is 1. The van der Waals surface area contributed by atoms with Crippen LogP contribution >= 0.6 is 0 Å². The molecule has 1 aromatic rings. The van der Waals surface area contributed by atoms with Gasteiger partial charge >= 0.3 is 5.97 Å². The summed E-state index contributed by atoms with van der Waals surface area (Å²) < 4.78 is 10.6. The van der Waals surface area contributed by atoms with Gasteiger partial charge in [-0.15, -0.1) is 0 Å². The quantitative estimate of drug-likeness (QED) is 0.884. The van der Waals surface area contributed by atoms with Crippen molar-refractivity contribution in [2.75, 3.05) is 6.79 Å². The van der Waals surface area contributed by atoms with Crippen LogP contribution in [0.2, 0.25) is 0 Å². The second-order valence-electron chi connectivity index (χ2n) is 6.63. The Bertz CT molecular complexity index is 658. The predicted molar refractivity (Wildman–Crippen MR) is 79.9 cm³/mol. The SMILES string of the molecule is O=C(O)C1C2CCC(C2)C1C(=O)NCc1ccc2c(c1)OCO2. The Morgan fingerprint density at radius 1 is 1.13 bits per heavy atom. The van der Waals surface area contributed by atoms with E-state index in [1.807, 2.05) is 18.2 Å². The minimum absolute atomic E-state index is 0.137. The molecule has 122 valence electrons.